The average molecular weight is 370 g/mol. The number of aliphatic hydroxyl groups is 2. The number of aromatic nitrogens is 2. The molecule has 0 amide bonds. The molecule has 7 nitrogen and oxygen atoms in total. The largest absolute Gasteiger partial charge is 0.394 e. The van der Waals surface area contributed by atoms with Gasteiger partial charge >= 0.3 is 5.69 Å². The van der Waals surface area contributed by atoms with Crippen LogP contribution in [0.4, 0.5) is 0 Å². The van der Waals surface area contributed by atoms with Gasteiger partial charge in [-0.05, 0) is 43.5 Å². The topological polar surface area (TPSA) is 105 Å². The molecule has 0 saturated carbocycles. The highest BCUT2D eigenvalue weighted by Crippen LogP contribution is 2.27. The van der Waals surface area contributed by atoms with Gasteiger partial charge in [-0.2, -0.15) is 0 Å². The SMILES string of the molecule is Cc1cc(C)c(C#Cc2cn(C3CC(O)C(CO)O3)c(=O)[nH]c2=O)cc1C. The first-order valence-electron chi connectivity index (χ1n) is 8.70. The lowest BCUT2D eigenvalue weighted by molar-refractivity contribution is -0.0459. The molecular weight excluding hydrogens is 348 g/mol. The molecule has 142 valence electrons. The third kappa shape index (κ3) is 3.88. The molecule has 7 heteroatoms. The molecule has 1 aromatic heterocycles. The van der Waals surface area contributed by atoms with E-state index in [0.29, 0.717) is 0 Å². The number of hydrogen-bond donors (Lipinski definition) is 3. The van der Waals surface area contributed by atoms with Gasteiger partial charge in [0.05, 0.1) is 12.7 Å². The van der Waals surface area contributed by atoms with Crippen molar-refractivity contribution in [3.63, 3.8) is 0 Å². The molecule has 3 unspecified atom stereocenters. The smallest absolute Gasteiger partial charge is 0.330 e. The lowest BCUT2D eigenvalue weighted by atomic mass is 10.0. The van der Waals surface area contributed by atoms with Crippen molar-refractivity contribution in [3.8, 4) is 11.8 Å². The van der Waals surface area contributed by atoms with Gasteiger partial charge in [-0.15, -0.1) is 0 Å². The van der Waals surface area contributed by atoms with Gasteiger partial charge in [0.15, 0.2) is 0 Å². The predicted molar refractivity (Wildman–Crippen MR) is 99.6 cm³/mol. The van der Waals surface area contributed by atoms with E-state index < -0.39 is 29.7 Å². The predicted octanol–water partition coefficient (Wildman–Crippen LogP) is 0.502. The number of aromatic amines is 1. The van der Waals surface area contributed by atoms with Crippen molar-refractivity contribution in [2.45, 2.75) is 45.6 Å². The van der Waals surface area contributed by atoms with Crippen molar-refractivity contribution in [2.75, 3.05) is 6.61 Å². The third-order valence-corrected chi connectivity index (χ3v) is 4.83. The summed E-state index contributed by atoms with van der Waals surface area (Å²) in [6, 6.07) is 4.00. The summed E-state index contributed by atoms with van der Waals surface area (Å²) in [6.45, 7) is 5.61. The van der Waals surface area contributed by atoms with Crippen LogP contribution in [0.15, 0.2) is 27.9 Å². The highest BCUT2D eigenvalue weighted by Gasteiger charge is 2.35. The third-order valence-electron chi connectivity index (χ3n) is 4.83. The molecule has 2 heterocycles. The average Bonchev–Trinajstić information content (AvgIpc) is 2.98. The van der Waals surface area contributed by atoms with Gasteiger partial charge < -0.3 is 14.9 Å². The van der Waals surface area contributed by atoms with E-state index in [-0.39, 0.29) is 18.6 Å². The Morgan fingerprint density at radius 1 is 1.15 bits per heavy atom. The Morgan fingerprint density at radius 3 is 2.48 bits per heavy atom. The van der Waals surface area contributed by atoms with Crippen LogP contribution < -0.4 is 11.2 Å². The molecule has 0 aliphatic carbocycles. The summed E-state index contributed by atoms with van der Waals surface area (Å²) >= 11 is 0. The monoisotopic (exact) mass is 370 g/mol. The number of nitrogens with one attached hydrogen (secondary N) is 1. The number of aliphatic hydroxyl groups excluding tert-OH is 2. The van der Waals surface area contributed by atoms with Crippen molar-refractivity contribution in [2.24, 2.45) is 0 Å². The van der Waals surface area contributed by atoms with Crippen LogP contribution in [0.1, 0.15) is 40.5 Å². The van der Waals surface area contributed by atoms with Crippen molar-refractivity contribution in [1.29, 1.82) is 0 Å². The number of aryl methyl sites for hydroxylation is 3. The molecule has 1 saturated heterocycles. The van der Waals surface area contributed by atoms with Gasteiger partial charge in [-0.3, -0.25) is 14.3 Å². The highest BCUT2D eigenvalue weighted by atomic mass is 16.5. The zero-order valence-electron chi connectivity index (χ0n) is 15.4. The fourth-order valence-electron chi connectivity index (χ4n) is 3.07. The molecular formula is C20H22N2O5. The van der Waals surface area contributed by atoms with E-state index in [1.807, 2.05) is 32.9 Å². The Balaban J connectivity index is 1.98. The van der Waals surface area contributed by atoms with Gasteiger partial charge in [0.25, 0.3) is 5.56 Å². The summed E-state index contributed by atoms with van der Waals surface area (Å²) in [5.41, 5.74) is 2.97. The zero-order valence-corrected chi connectivity index (χ0v) is 15.4. The maximum atomic E-state index is 12.1. The summed E-state index contributed by atoms with van der Waals surface area (Å²) in [5, 5.41) is 19.1. The number of benzene rings is 1. The second-order valence-electron chi connectivity index (χ2n) is 6.83. The molecule has 2 aromatic rings. The fraction of sp³-hybridized carbons (Fsp3) is 0.400. The van der Waals surface area contributed by atoms with Crippen LogP contribution in [0.25, 0.3) is 0 Å². The summed E-state index contributed by atoms with van der Waals surface area (Å²) in [6.07, 6.45) is -0.944. The summed E-state index contributed by atoms with van der Waals surface area (Å²) in [7, 11) is 0. The first-order valence-corrected chi connectivity index (χ1v) is 8.70. The van der Waals surface area contributed by atoms with E-state index in [9.17, 15) is 19.8 Å². The van der Waals surface area contributed by atoms with Crippen molar-refractivity contribution in [1.82, 2.24) is 9.55 Å². The molecule has 3 N–H and O–H groups in total. The van der Waals surface area contributed by atoms with E-state index in [4.69, 9.17) is 4.74 Å². The van der Waals surface area contributed by atoms with E-state index in [1.165, 1.54) is 16.3 Å². The Labute approximate surface area is 156 Å². The van der Waals surface area contributed by atoms with Gasteiger partial charge in [-0.1, -0.05) is 17.9 Å². The van der Waals surface area contributed by atoms with E-state index in [2.05, 4.69) is 16.8 Å². The van der Waals surface area contributed by atoms with Gasteiger partial charge in [0.1, 0.15) is 17.9 Å². The fourth-order valence-corrected chi connectivity index (χ4v) is 3.07. The molecule has 3 rings (SSSR count). The molecule has 1 aliphatic rings. The molecule has 1 aliphatic heterocycles. The summed E-state index contributed by atoms with van der Waals surface area (Å²) in [4.78, 5) is 26.5. The van der Waals surface area contributed by atoms with Crippen LogP contribution in [0.2, 0.25) is 0 Å². The first-order chi connectivity index (χ1) is 12.8. The number of hydrogen-bond acceptors (Lipinski definition) is 5. The van der Waals surface area contributed by atoms with Crippen LogP contribution in [0, 0.1) is 32.6 Å². The first kappa shape index (κ1) is 19.1. The Hall–Kier alpha value is -2.66. The van der Waals surface area contributed by atoms with Crippen molar-refractivity contribution >= 4 is 0 Å². The number of ether oxygens (including phenoxy) is 1. The molecule has 0 radical (unpaired) electrons. The van der Waals surface area contributed by atoms with Crippen molar-refractivity contribution < 1.29 is 14.9 Å². The number of nitrogens with zero attached hydrogens (tertiary/aromatic N) is 1. The molecule has 0 spiro atoms. The lowest BCUT2D eigenvalue weighted by Gasteiger charge is -2.14. The summed E-state index contributed by atoms with van der Waals surface area (Å²) in [5.74, 6) is 5.81. The molecule has 27 heavy (non-hydrogen) atoms. The molecule has 1 aromatic carbocycles. The summed E-state index contributed by atoms with van der Waals surface area (Å²) < 4.78 is 6.68. The van der Waals surface area contributed by atoms with Gasteiger partial charge in [0.2, 0.25) is 0 Å². The van der Waals surface area contributed by atoms with Crippen molar-refractivity contribution in [3.05, 3.63) is 67.0 Å². The molecule has 1 fully saturated rings. The Bertz CT molecular complexity index is 1040. The molecule has 3 atom stereocenters. The lowest BCUT2D eigenvalue weighted by Crippen LogP contribution is -2.33. The van der Waals surface area contributed by atoms with Crippen LogP contribution >= 0.6 is 0 Å². The van der Waals surface area contributed by atoms with Gasteiger partial charge in [0, 0.05) is 18.2 Å². The van der Waals surface area contributed by atoms with E-state index in [1.54, 1.807) is 0 Å². The number of rotatable bonds is 2. The second kappa shape index (κ2) is 7.53. The zero-order chi connectivity index (χ0) is 19.7. The Kier molecular flexibility index (Phi) is 5.33. The maximum Gasteiger partial charge on any atom is 0.330 e. The van der Waals surface area contributed by atoms with E-state index >= 15 is 0 Å². The van der Waals surface area contributed by atoms with E-state index in [0.717, 1.165) is 16.7 Å². The Morgan fingerprint density at radius 2 is 1.81 bits per heavy atom. The normalized spacial score (nSPS) is 21.7. The van der Waals surface area contributed by atoms with Crippen LogP contribution in [0.3, 0.4) is 0 Å². The quantitative estimate of drug-likeness (QED) is 0.668. The van der Waals surface area contributed by atoms with Gasteiger partial charge in [-0.25, -0.2) is 4.79 Å². The minimum absolute atomic E-state index is 0.123. The standard InChI is InChI=1S/C20H22N2O5/c1-11-6-13(3)14(7-12(11)2)4-5-15-9-22(20(26)21-19(15)25)18-8-16(24)17(10-23)27-18/h6-7,9,16-18,23-24H,8,10H2,1-3H3,(H,21,25,26). The minimum Gasteiger partial charge on any atom is -0.394 e. The maximum absolute atomic E-state index is 12.1. The molecule has 0 bridgehead atoms. The highest BCUT2D eigenvalue weighted by molar-refractivity contribution is 5.48. The van der Waals surface area contributed by atoms with Crippen LogP contribution in [-0.4, -0.2) is 38.6 Å². The number of H-pyrrole nitrogens is 1. The second-order valence-corrected chi connectivity index (χ2v) is 6.83. The van der Waals surface area contributed by atoms with Crippen LogP contribution in [-0.2, 0) is 4.74 Å². The minimum atomic E-state index is -0.883. The van der Waals surface area contributed by atoms with Crippen LogP contribution in [0.5, 0.6) is 0 Å².